The fourth-order valence-corrected chi connectivity index (χ4v) is 4.48. The van der Waals surface area contributed by atoms with Gasteiger partial charge in [0.15, 0.2) is 5.65 Å². The zero-order valence-corrected chi connectivity index (χ0v) is 17.4. The maximum atomic E-state index is 12.6. The van der Waals surface area contributed by atoms with Gasteiger partial charge in [0.25, 0.3) is 5.56 Å². The van der Waals surface area contributed by atoms with Gasteiger partial charge < -0.3 is 4.98 Å². The van der Waals surface area contributed by atoms with Crippen molar-refractivity contribution in [2.75, 3.05) is 6.54 Å². The molecule has 0 amide bonds. The number of nitrogens with one attached hydrogen (secondary N) is 2. The van der Waals surface area contributed by atoms with E-state index in [1.54, 1.807) is 25.2 Å². The van der Waals surface area contributed by atoms with Crippen molar-refractivity contribution in [1.82, 2.24) is 23.8 Å². The highest BCUT2D eigenvalue weighted by Gasteiger charge is 2.15. The van der Waals surface area contributed by atoms with E-state index < -0.39 is 21.3 Å². The Morgan fingerprint density at radius 1 is 1.03 bits per heavy atom. The van der Waals surface area contributed by atoms with Crippen LogP contribution in [0.1, 0.15) is 12.2 Å². The van der Waals surface area contributed by atoms with Gasteiger partial charge in [-0.1, -0.05) is 30.3 Å². The molecule has 2 heterocycles. The first-order chi connectivity index (χ1) is 14.3. The highest BCUT2D eigenvalue weighted by Crippen LogP contribution is 2.18. The molecule has 0 unspecified atom stereocenters. The van der Waals surface area contributed by atoms with Gasteiger partial charge in [0.1, 0.15) is 11.3 Å². The Morgan fingerprint density at radius 2 is 1.77 bits per heavy atom. The van der Waals surface area contributed by atoms with Gasteiger partial charge in [-0.3, -0.25) is 13.9 Å². The zero-order valence-electron chi connectivity index (χ0n) is 16.5. The normalized spacial score (nSPS) is 12.1. The number of aryl methyl sites for hydroxylation is 2. The van der Waals surface area contributed by atoms with Gasteiger partial charge in [-0.05, 0) is 29.3 Å². The third kappa shape index (κ3) is 3.55. The summed E-state index contributed by atoms with van der Waals surface area (Å²) in [5.74, 6) is 0.521. The number of nitrogens with zero attached hydrogens (tertiary/aromatic N) is 3. The molecule has 0 saturated heterocycles. The second kappa shape index (κ2) is 7.54. The highest BCUT2D eigenvalue weighted by atomic mass is 32.2. The van der Waals surface area contributed by atoms with Crippen LogP contribution in [0.15, 0.2) is 56.9 Å². The number of fused-ring (bicyclic) bond motifs is 2. The van der Waals surface area contributed by atoms with Crippen LogP contribution in [-0.4, -0.2) is 34.1 Å². The molecular formula is C20H21N5O4S. The SMILES string of the molecule is Cn1c(=O)c2[nH]c(CCCNS(=O)(=O)c3ccc4ccccc4c3)nc2n(C)c1=O. The van der Waals surface area contributed by atoms with E-state index in [2.05, 4.69) is 14.7 Å². The Hall–Kier alpha value is -3.24. The van der Waals surface area contributed by atoms with Crippen LogP contribution in [0.5, 0.6) is 0 Å². The molecule has 9 nitrogen and oxygen atoms in total. The summed E-state index contributed by atoms with van der Waals surface area (Å²) in [6, 6.07) is 12.6. The smallest absolute Gasteiger partial charge is 0.332 e. The molecule has 4 rings (SSSR count). The third-order valence-corrected chi connectivity index (χ3v) is 6.52. The van der Waals surface area contributed by atoms with Crippen molar-refractivity contribution in [2.24, 2.45) is 14.1 Å². The second-order valence-electron chi connectivity index (χ2n) is 7.10. The van der Waals surface area contributed by atoms with Gasteiger partial charge in [-0.25, -0.2) is 22.9 Å². The molecular weight excluding hydrogens is 406 g/mol. The number of sulfonamides is 1. The quantitative estimate of drug-likeness (QED) is 0.446. The standard InChI is InChI=1S/C20H21N5O4S/c1-24-18-17(19(26)25(2)20(24)27)22-16(23-18)8-5-11-21-30(28,29)15-10-9-13-6-3-4-7-14(13)12-15/h3-4,6-7,9-10,12,21H,5,8,11H2,1-2H3,(H,22,23). The number of rotatable bonds is 6. The Morgan fingerprint density at radius 3 is 2.53 bits per heavy atom. The molecule has 156 valence electrons. The first kappa shape index (κ1) is 20.0. The number of aromatic nitrogens is 4. The highest BCUT2D eigenvalue weighted by molar-refractivity contribution is 7.89. The number of imidazole rings is 1. The zero-order chi connectivity index (χ0) is 21.5. The molecule has 0 radical (unpaired) electrons. The van der Waals surface area contributed by atoms with Crippen molar-refractivity contribution >= 4 is 32.0 Å². The molecule has 2 N–H and O–H groups in total. The average molecular weight is 427 g/mol. The second-order valence-corrected chi connectivity index (χ2v) is 8.87. The van der Waals surface area contributed by atoms with E-state index in [0.717, 1.165) is 15.3 Å². The summed E-state index contributed by atoms with van der Waals surface area (Å²) in [5.41, 5.74) is -0.348. The predicted molar refractivity (Wildman–Crippen MR) is 114 cm³/mol. The molecule has 0 aliphatic rings. The first-order valence-electron chi connectivity index (χ1n) is 9.41. The molecule has 30 heavy (non-hydrogen) atoms. The van der Waals surface area contributed by atoms with Gasteiger partial charge >= 0.3 is 5.69 Å². The van der Waals surface area contributed by atoms with Crippen LogP contribution in [0.25, 0.3) is 21.9 Å². The van der Waals surface area contributed by atoms with Crippen LogP contribution in [0.3, 0.4) is 0 Å². The fourth-order valence-electron chi connectivity index (χ4n) is 3.37. The molecule has 0 atom stereocenters. The molecule has 0 saturated carbocycles. The van der Waals surface area contributed by atoms with Crippen molar-refractivity contribution in [3.63, 3.8) is 0 Å². The summed E-state index contributed by atoms with van der Waals surface area (Å²) in [4.78, 5) is 31.7. The molecule has 2 aromatic carbocycles. The van der Waals surface area contributed by atoms with E-state index in [1.165, 1.54) is 11.6 Å². The lowest BCUT2D eigenvalue weighted by Gasteiger charge is -2.07. The molecule has 2 aromatic heterocycles. The number of aromatic amines is 1. The van der Waals surface area contributed by atoms with E-state index in [-0.39, 0.29) is 22.6 Å². The lowest BCUT2D eigenvalue weighted by Crippen LogP contribution is -2.36. The third-order valence-electron chi connectivity index (χ3n) is 5.06. The Labute approximate surface area is 172 Å². The van der Waals surface area contributed by atoms with Crippen molar-refractivity contribution < 1.29 is 8.42 Å². The summed E-state index contributed by atoms with van der Waals surface area (Å²) in [5, 5.41) is 1.83. The maximum absolute atomic E-state index is 12.6. The van der Waals surface area contributed by atoms with Gasteiger partial charge in [0, 0.05) is 27.1 Å². The number of hydrogen-bond acceptors (Lipinski definition) is 5. The van der Waals surface area contributed by atoms with Crippen LogP contribution >= 0.6 is 0 Å². The summed E-state index contributed by atoms with van der Waals surface area (Å²) in [6.45, 7) is 0.211. The molecule has 0 fully saturated rings. The molecule has 4 aromatic rings. The Balaban J connectivity index is 1.45. The minimum atomic E-state index is -3.63. The van der Waals surface area contributed by atoms with Crippen LogP contribution < -0.4 is 16.0 Å². The number of hydrogen-bond donors (Lipinski definition) is 2. The van der Waals surface area contributed by atoms with Crippen LogP contribution in [0.2, 0.25) is 0 Å². The molecule has 0 aliphatic heterocycles. The van der Waals surface area contributed by atoms with E-state index in [4.69, 9.17) is 0 Å². The largest absolute Gasteiger partial charge is 0.336 e. The van der Waals surface area contributed by atoms with Gasteiger partial charge in [0.05, 0.1) is 4.90 Å². The van der Waals surface area contributed by atoms with Crippen LogP contribution in [0, 0.1) is 0 Å². The van der Waals surface area contributed by atoms with Gasteiger partial charge in [-0.2, -0.15) is 0 Å². The maximum Gasteiger partial charge on any atom is 0.332 e. The van der Waals surface area contributed by atoms with Gasteiger partial charge in [-0.15, -0.1) is 0 Å². The summed E-state index contributed by atoms with van der Waals surface area (Å²) < 4.78 is 30.1. The van der Waals surface area contributed by atoms with E-state index in [0.29, 0.717) is 18.7 Å². The minimum Gasteiger partial charge on any atom is -0.336 e. The average Bonchev–Trinajstić information content (AvgIpc) is 3.18. The molecule has 0 aliphatic carbocycles. The van der Waals surface area contributed by atoms with Gasteiger partial charge in [0.2, 0.25) is 10.0 Å². The van der Waals surface area contributed by atoms with Crippen molar-refractivity contribution in [3.8, 4) is 0 Å². The Bertz CT molecular complexity index is 1480. The van der Waals surface area contributed by atoms with Crippen LogP contribution in [-0.2, 0) is 30.5 Å². The molecule has 0 spiro atoms. The molecule has 10 heteroatoms. The summed E-state index contributed by atoms with van der Waals surface area (Å²) in [6.07, 6.45) is 0.896. The van der Waals surface area contributed by atoms with E-state index in [9.17, 15) is 18.0 Å². The van der Waals surface area contributed by atoms with Crippen molar-refractivity contribution in [1.29, 1.82) is 0 Å². The number of H-pyrrole nitrogens is 1. The number of benzene rings is 2. The van der Waals surface area contributed by atoms with Crippen molar-refractivity contribution in [2.45, 2.75) is 17.7 Å². The van der Waals surface area contributed by atoms with Crippen LogP contribution in [0.4, 0.5) is 0 Å². The van der Waals surface area contributed by atoms with E-state index >= 15 is 0 Å². The van der Waals surface area contributed by atoms with E-state index in [1.807, 2.05) is 24.3 Å². The summed E-state index contributed by atoms with van der Waals surface area (Å²) in [7, 11) is -0.678. The molecule has 0 bridgehead atoms. The monoisotopic (exact) mass is 427 g/mol. The minimum absolute atomic E-state index is 0.211. The lowest BCUT2D eigenvalue weighted by molar-refractivity contribution is 0.578. The first-order valence-corrected chi connectivity index (χ1v) is 10.9. The topological polar surface area (TPSA) is 119 Å². The lowest BCUT2D eigenvalue weighted by atomic mass is 10.1. The fraction of sp³-hybridized carbons (Fsp3) is 0.250. The van der Waals surface area contributed by atoms with Crippen molar-refractivity contribution in [3.05, 3.63) is 69.1 Å². The predicted octanol–water partition coefficient (Wildman–Crippen LogP) is 1.02. The Kier molecular flexibility index (Phi) is 5.04. The summed E-state index contributed by atoms with van der Waals surface area (Å²) >= 11 is 0.